The highest BCUT2D eigenvalue weighted by atomic mass is 19.1. The van der Waals surface area contributed by atoms with Crippen LogP contribution in [0.4, 0.5) is 10.1 Å². The first kappa shape index (κ1) is 16.9. The van der Waals surface area contributed by atoms with Crippen molar-refractivity contribution in [2.45, 2.75) is 33.1 Å². The summed E-state index contributed by atoms with van der Waals surface area (Å²) in [6, 6.07) is 11.8. The smallest absolute Gasteiger partial charge is 0.224 e. The maximum atomic E-state index is 13.5. The number of aryl methyl sites for hydroxylation is 2. The van der Waals surface area contributed by atoms with Gasteiger partial charge in [-0.1, -0.05) is 30.3 Å². The predicted octanol–water partition coefficient (Wildman–Crippen LogP) is 4.30. The molecular formula is C19H20FNO2. The number of halogens is 1. The van der Waals surface area contributed by atoms with Gasteiger partial charge in [-0.25, -0.2) is 4.39 Å². The van der Waals surface area contributed by atoms with Crippen LogP contribution in [0.25, 0.3) is 0 Å². The molecule has 23 heavy (non-hydrogen) atoms. The summed E-state index contributed by atoms with van der Waals surface area (Å²) < 4.78 is 13.5. The number of rotatable bonds is 6. The molecule has 0 spiro atoms. The van der Waals surface area contributed by atoms with Crippen molar-refractivity contribution in [1.82, 2.24) is 0 Å². The van der Waals surface area contributed by atoms with Gasteiger partial charge in [-0.05, 0) is 49.9 Å². The maximum Gasteiger partial charge on any atom is 0.224 e. The van der Waals surface area contributed by atoms with E-state index in [4.69, 9.17) is 0 Å². The lowest BCUT2D eigenvalue weighted by Gasteiger charge is -2.10. The van der Waals surface area contributed by atoms with Crippen LogP contribution in [0.15, 0.2) is 42.5 Å². The molecule has 2 aromatic carbocycles. The molecule has 4 heteroatoms. The monoisotopic (exact) mass is 313 g/mol. The van der Waals surface area contributed by atoms with Crippen LogP contribution in [0.2, 0.25) is 0 Å². The Balaban J connectivity index is 1.91. The standard InChI is InChI=1S/C19H20FNO2/c1-13-10-11-16(14(2)22)12-18(13)21-19(23)9-5-7-15-6-3-4-8-17(15)20/h3-4,6,8,10-12H,5,7,9H2,1-2H3,(H,21,23). The number of Topliss-reactive ketones (excluding diaryl/α,β-unsaturated/α-hetero) is 1. The van der Waals surface area contributed by atoms with E-state index in [9.17, 15) is 14.0 Å². The molecular weight excluding hydrogens is 293 g/mol. The summed E-state index contributed by atoms with van der Waals surface area (Å²) in [5.41, 5.74) is 2.73. The van der Waals surface area contributed by atoms with E-state index >= 15 is 0 Å². The minimum Gasteiger partial charge on any atom is -0.326 e. The molecule has 0 heterocycles. The van der Waals surface area contributed by atoms with E-state index in [0.717, 1.165) is 5.56 Å². The van der Waals surface area contributed by atoms with E-state index in [2.05, 4.69) is 5.32 Å². The van der Waals surface area contributed by atoms with Gasteiger partial charge >= 0.3 is 0 Å². The minimum atomic E-state index is -0.238. The van der Waals surface area contributed by atoms with Gasteiger partial charge in [-0.15, -0.1) is 0 Å². The van der Waals surface area contributed by atoms with Crippen LogP contribution in [0, 0.1) is 12.7 Å². The van der Waals surface area contributed by atoms with Crippen molar-refractivity contribution in [3.8, 4) is 0 Å². The van der Waals surface area contributed by atoms with Crippen LogP contribution in [0.3, 0.4) is 0 Å². The quantitative estimate of drug-likeness (QED) is 0.808. The predicted molar refractivity (Wildman–Crippen MR) is 89.2 cm³/mol. The van der Waals surface area contributed by atoms with Crippen LogP contribution in [0.5, 0.6) is 0 Å². The van der Waals surface area contributed by atoms with Gasteiger partial charge < -0.3 is 5.32 Å². The maximum absolute atomic E-state index is 13.5. The highest BCUT2D eigenvalue weighted by Crippen LogP contribution is 2.18. The molecule has 0 bridgehead atoms. The third kappa shape index (κ3) is 4.74. The second kappa shape index (κ2) is 7.68. The number of benzene rings is 2. The van der Waals surface area contributed by atoms with Crippen LogP contribution >= 0.6 is 0 Å². The largest absolute Gasteiger partial charge is 0.326 e. The Hall–Kier alpha value is -2.49. The lowest BCUT2D eigenvalue weighted by atomic mass is 10.1. The zero-order valence-electron chi connectivity index (χ0n) is 13.4. The van der Waals surface area contributed by atoms with Gasteiger partial charge in [0, 0.05) is 17.7 Å². The minimum absolute atomic E-state index is 0.0416. The van der Waals surface area contributed by atoms with Crippen molar-refractivity contribution in [1.29, 1.82) is 0 Å². The number of amides is 1. The number of ketones is 1. The molecule has 0 radical (unpaired) electrons. The number of carbonyl (C=O) groups excluding carboxylic acids is 2. The second-order valence-electron chi connectivity index (χ2n) is 5.58. The Morgan fingerprint density at radius 3 is 2.57 bits per heavy atom. The Morgan fingerprint density at radius 2 is 1.87 bits per heavy atom. The van der Waals surface area contributed by atoms with E-state index in [0.29, 0.717) is 36.1 Å². The first-order chi connectivity index (χ1) is 11.0. The van der Waals surface area contributed by atoms with Gasteiger partial charge in [0.15, 0.2) is 5.78 Å². The zero-order chi connectivity index (χ0) is 16.8. The number of hydrogen-bond donors (Lipinski definition) is 1. The van der Waals surface area contributed by atoms with Crippen molar-refractivity contribution < 1.29 is 14.0 Å². The number of nitrogens with one attached hydrogen (secondary N) is 1. The zero-order valence-corrected chi connectivity index (χ0v) is 13.4. The number of hydrogen-bond acceptors (Lipinski definition) is 2. The molecule has 0 atom stereocenters. The molecule has 1 N–H and O–H groups in total. The molecule has 2 aromatic rings. The molecule has 0 saturated heterocycles. The Bertz CT molecular complexity index is 725. The van der Waals surface area contributed by atoms with E-state index in [1.807, 2.05) is 13.0 Å². The van der Waals surface area contributed by atoms with E-state index in [1.54, 1.807) is 30.3 Å². The first-order valence-corrected chi connectivity index (χ1v) is 7.62. The third-order valence-corrected chi connectivity index (χ3v) is 3.73. The van der Waals surface area contributed by atoms with E-state index in [-0.39, 0.29) is 17.5 Å². The lowest BCUT2D eigenvalue weighted by Crippen LogP contribution is -2.13. The average Bonchev–Trinajstić information content (AvgIpc) is 2.51. The fourth-order valence-corrected chi connectivity index (χ4v) is 2.33. The summed E-state index contributed by atoms with van der Waals surface area (Å²) in [5.74, 6) is -0.414. The Kier molecular flexibility index (Phi) is 5.63. The number of carbonyl (C=O) groups is 2. The molecule has 0 fully saturated rings. The first-order valence-electron chi connectivity index (χ1n) is 7.62. The molecule has 0 saturated carbocycles. The van der Waals surface area contributed by atoms with Gasteiger partial charge in [-0.2, -0.15) is 0 Å². The van der Waals surface area contributed by atoms with Gasteiger partial charge in [0.05, 0.1) is 0 Å². The van der Waals surface area contributed by atoms with Gasteiger partial charge in [0.2, 0.25) is 5.91 Å². The lowest BCUT2D eigenvalue weighted by molar-refractivity contribution is -0.116. The molecule has 120 valence electrons. The third-order valence-electron chi connectivity index (χ3n) is 3.73. The highest BCUT2D eigenvalue weighted by molar-refractivity contribution is 5.97. The van der Waals surface area contributed by atoms with Crippen LogP contribution in [-0.2, 0) is 11.2 Å². The van der Waals surface area contributed by atoms with Crippen molar-refractivity contribution in [3.63, 3.8) is 0 Å². The molecule has 0 unspecified atom stereocenters. The summed E-state index contributed by atoms with van der Waals surface area (Å²) in [6.07, 6.45) is 1.39. The van der Waals surface area contributed by atoms with Crippen molar-refractivity contribution >= 4 is 17.4 Å². The Morgan fingerprint density at radius 1 is 1.13 bits per heavy atom. The molecule has 3 nitrogen and oxygen atoms in total. The van der Waals surface area contributed by atoms with Crippen molar-refractivity contribution in [2.24, 2.45) is 0 Å². The molecule has 1 amide bonds. The van der Waals surface area contributed by atoms with E-state index in [1.165, 1.54) is 13.0 Å². The Labute approximate surface area is 135 Å². The van der Waals surface area contributed by atoms with Crippen LogP contribution in [-0.4, -0.2) is 11.7 Å². The molecule has 2 rings (SSSR count). The number of anilines is 1. The van der Waals surface area contributed by atoms with Gasteiger partial charge in [-0.3, -0.25) is 9.59 Å². The molecule has 0 aliphatic heterocycles. The fourth-order valence-electron chi connectivity index (χ4n) is 2.33. The van der Waals surface area contributed by atoms with E-state index < -0.39 is 0 Å². The topological polar surface area (TPSA) is 46.2 Å². The summed E-state index contributed by atoms with van der Waals surface area (Å²) >= 11 is 0. The van der Waals surface area contributed by atoms with Crippen molar-refractivity contribution in [2.75, 3.05) is 5.32 Å². The molecule has 0 aliphatic carbocycles. The van der Waals surface area contributed by atoms with Crippen LogP contribution < -0.4 is 5.32 Å². The fraction of sp³-hybridized carbons (Fsp3) is 0.263. The average molecular weight is 313 g/mol. The SMILES string of the molecule is CC(=O)c1ccc(C)c(NC(=O)CCCc2ccccc2F)c1. The molecule has 0 aromatic heterocycles. The highest BCUT2D eigenvalue weighted by Gasteiger charge is 2.08. The summed E-state index contributed by atoms with van der Waals surface area (Å²) in [6.45, 7) is 3.36. The second-order valence-corrected chi connectivity index (χ2v) is 5.58. The summed E-state index contributed by atoms with van der Waals surface area (Å²) in [7, 11) is 0. The summed E-state index contributed by atoms with van der Waals surface area (Å²) in [4.78, 5) is 23.4. The van der Waals surface area contributed by atoms with Crippen molar-refractivity contribution in [3.05, 3.63) is 65.0 Å². The van der Waals surface area contributed by atoms with Gasteiger partial charge in [0.1, 0.15) is 5.82 Å². The molecule has 0 aliphatic rings. The normalized spacial score (nSPS) is 10.4. The van der Waals surface area contributed by atoms with Crippen LogP contribution in [0.1, 0.15) is 41.3 Å². The summed E-state index contributed by atoms with van der Waals surface area (Å²) in [5, 5.41) is 2.82. The van der Waals surface area contributed by atoms with Gasteiger partial charge in [0.25, 0.3) is 0 Å².